The van der Waals surface area contributed by atoms with Gasteiger partial charge in [-0.25, -0.2) is 8.42 Å². The molecule has 0 saturated carbocycles. The van der Waals surface area contributed by atoms with Crippen molar-refractivity contribution < 1.29 is 17.9 Å². The molecule has 1 atom stereocenters. The second kappa shape index (κ2) is 11.6. The van der Waals surface area contributed by atoms with E-state index in [1.54, 1.807) is 24.3 Å². The van der Waals surface area contributed by atoms with Crippen molar-refractivity contribution in [2.45, 2.75) is 45.6 Å². The minimum atomic E-state index is -3.61. The van der Waals surface area contributed by atoms with Crippen LogP contribution in [-0.2, 0) is 21.2 Å². The fourth-order valence-electron chi connectivity index (χ4n) is 3.31. The van der Waals surface area contributed by atoms with Gasteiger partial charge in [0.15, 0.2) is 0 Å². The molecular formula is C23H32N2O4S. The molecule has 0 aliphatic rings. The molecule has 0 radical (unpaired) electrons. The average molecular weight is 433 g/mol. The van der Waals surface area contributed by atoms with Gasteiger partial charge in [-0.3, -0.25) is 9.10 Å². The van der Waals surface area contributed by atoms with E-state index in [9.17, 15) is 13.2 Å². The van der Waals surface area contributed by atoms with Crippen LogP contribution >= 0.6 is 0 Å². The lowest BCUT2D eigenvalue weighted by Crippen LogP contribution is -2.49. The zero-order valence-corrected chi connectivity index (χ0v) is 18.8. The second-order valence-electron chi connectivity index (χ2n) is 7.17. The van der Waals surface area contributed by atoms with E-state index < -0.39 is 16.1 Å². The second-order valence-corrected chi connectivity index (χ2v) is 9.03. The van der Waals surface area contributed by atoms with E-state index in [0.717, 1.165) is 36.8 Å². The zero-order valence-electron chi connectivity index (χ0n) is 18.0. The fourth-order valence-corrected chi connectivity index (χ4v) is 4.52. The monoisotopic (exact) mass is 432 g/mol. The van der Waals surface area contributed by atoms with Crippen molar-refractivity contribution in [3.8, 4) is 5.75 Å². The summed E-state index contributed by atoms with van der Waals surface area (Å²) < 4.78 is 31.8. The Labute approximate surface area is 180 Å². The summed E-state index contributed by atoms with van der Waals surface area (Å²) in [5.41, 5.74) is 1.60. The van der Waals surface area contributed by atoms with Crippen molar-refractivity contribution in [1.82, 2.24) is 5.32 Å². The normalized spacial score (nSPS) is 12.2. The number of amides is 1. The molecule has 1 N–H and O–H groups in total. The number of para-hydroxylation sites is 2. The van der Waals surface area contributed by atoms with Crippen LogP contribution in [0.25, 0.3) is 0 Å². The molecule has 0 aliphatic heterocycles. The molecule has 6 nitrogen and oxygen atoms in total. The highest BCUT2D eigenvalue weighted by Crippen LogP contribution is 2.22. The standard InChI is InChI=1S/C23H32N2O4S/c1-4-18-29-22-16-10-9-12-19(22)13-11-17-24-23(26)21(5-2)25(30(3,27)28)20-14-7-6-8-15-20/h6-10,12,14-16,21H,4-5,11,13,17-18H2,1-3H3,(H,24,26)/t21-/m1/s1. The summed E-state index contributed by atoms with van der Waals surface area (Å²) in [6.45, 7) is 5.01. The number of hydrogen-bond acceptors (Lipinski definition) is 4. The molecule has 2 rings (SSSR count). The number of ether oxygens (including phenoxy) is 1. The van der Waals surface area contributed by atoms with Crippen LogP contribution < -0.4 is 14.4 Å². The largest absolute Gasteiger partial charge is 0.493 e. The third-order valence-corrected chi connectivity index (χ3v) is 5.88. The van der Waals surface area contributed by atoms with Gasteiger partial charge in [0.1, 0.15) is 11.8 Å². The highest BCUT2D eigenvalue weighted by atomic mass is 32.2. The summed E-state index contributed by atoms with van der Waals surface area (Å²) in [6, 6.07) is 15.9. The van der Waals surface area contributed by atoms with Gasteiger partial charge >= 0.3 is 0 Å². The Hall–Kier alpha value is -2.54. The molecular weight excluding hydrogens is 400 g/mol. The number of aryl methyl sites for hydroxylation is 1. The number of rotatable bonds is 12. The SMILES string of the molecule is CCCOc1ccccc1CCCNC(=O)[C@@H](CC)N(c1ccccc1)S(C)(=O)=O. The van der Waals surface area contributed by atoms with Crippen molar-refractivity contribution in [2.75, 3.05) is 23.7 Å². The summed E-state index contributed by atoms with van der Waals surface area (Å²) >= 11 is 0. The van der Waals surface area contributed by atoms with E-state index in [0.29, 0.717) is 25.3 Å². The van der Waals surface area contributed by atoms with Crippen LogP contribution in [0.2, 0.25) is 0 Å². The Bertz CT molecular complexity index is 900. The van der Waals surface area contributed by atoms with Crippen molar-refractivity contribution in [1.29, 1.82) is 0 Å². The van der Waals surface area contributed by atoms with Gasteiger partial charge in [-0.1, -0.05) is 50.2 Å². The van der Waals surface area contributed by atoms with Gasteiger partial charge < -0.3 is 10.1 Å². The summed E-state index contributed by atoms with van der Waals surface area (Å²) in [5.74, 6) is 0.590. The van der Waals surface area contributed by atoms with Crippen LogP contribution in [0.4, 0.5) is 5.69 Å². The first kappa shape index (κ1) is 23.7. The van der Waals surface area contributed by atoms with Crippen molar-refractivity contribution in [3.05, 3.63) is 60.2 Å². The van der Waals surface area contributed by atoms with E-state index in [4.69, 9.17) is 4.74 Å². The van der Waals surface area contributed by atoms with Crippen molar-refractivity contribution >= 4 is 21.6 Å². The van der Waals surface area contributed by atoms with Crippen molar-refractivity contribution in [2.24, 2.45) is 0 Å². The lowest BCUT2D eigenvalue weighted by Gasteiger charge is -2.30. The van der Waals surface area contributed by atoms with Gasteiger partial charge in [-0.05, 0) is 49.4 Å². The number of hydrogen-bond donors (Lipinski definition) is 1. The van der Waals surface area contributed by atoms with E-state index in [1.165, 1.54) is 4.31 Å². The molecule has 0 heterocycles. The van der Waals surface area contributed by atoms with Gasteiger partial charge in [0, 0.05) is 6.54 Å². The molecule has 0 spiro atoms. The molecule has 164 valence electrons. The quantitative estimate of drug-likeness (QED) is 0.518. The number of anilines is 1. The predicted octanol–water partition coefficient (Wildman–Crippen LogP) is 3.77. The number of benzene rings is 2. The summed E-state index contributed by atoms with van der Waals surface area (Å²) in [5, 5.41) is 2.90. The molecule has 0 aliphatic carbocycles. The number of nitrogens with zero attached hydrogens (tertiary/aromatic N) is 1. The molecule has 30 heavy (non-hydrogen) atoms. The Balaban J connectivity index is 1.99. The highest BCUT2D eigenvalue weighted by molar-refractivity contribution is 7.92. The van der Waals surface area contributed by atoms with Crippen LogP contribution in [0.5, 0.6) is 5.75 Å². The maximum Gasteiger partial charge on any atom is 0.243 e. The minimum Gasteiger partial charge on any atom is -0.493 e. The van der Waals surface area contributed by atoms with Crippen LogP contribution in [0.3, 0.4) is 0 Å². The van der Waals surface area contributed by atoms with Crippen molar-refractivity contribution in [3.63, 3.8) is 0 Å². The van der Waals surface area contributed by atoms with E-state index in [-0.39, 0.29) is 5.91 Å². The van der Waals surface area contributed by atoms with E-state index in [2.05, 4.69) is 12.2 Å². The number of sulfonamides is 1. The molecule has 1 amide bonds. The van der Waals surface area contributed by atoms with Gasteiger partial charge in [0.2, 0.25) is 15.9 Å². The number of carbonyl (C=O) groups excluding carboxylic acids is 1. The lowest BCUT2D eigenvalue weighted by molar-refractivity contribution is -0.122. The molecule has 2 aromatic rings. The molecule has 0 unspecified atom stereocenters. The first-order valence-electron chi connectivity index (χ1n) is 10.4. The third kappa shape index (κ3) is 6.76. The first-order valence-corrected chi connectivity index (χ1v) is 12.3. The maximum absolute atomic E-state index is 12.8. The molecule has 0 saturated heterocycles. The lowest BCUT2D eigenvalue weighted by atomic mass is 10.1. The Kier molecular flexibility index (Phi) is 9.17. The average Bonchev–Trinajstić information content (AvgIpc) is 2.73. The number of carbonyl (C=O) groups is 1. The molecule has 0 bridgehead atoms. The topological polar surface area (TPSA) is 75.7 Å². The van der Waals surface area contributed by atoms with Gasteiger partial charge in [0.05, 0.1) is 18.6 Å². The van der Waals surface area contributed by atoms with Gasteiger partial charge in [-0.15, -0.1) is 0 Å². The smallest absolute Gasteiger partial charge is 0.243 e. The van der Waals surface area contributed by atoms with E-state index in [1.807, 2.05) is 37.3 Å². The molecule has 7 heteroatoms. The predicted molar refractivity (Wildman–Crippen MR) is 121 cm³/mol. The molecule has 0 fully saturated rings. The molecule has 0 aromatic heterocycles. The van der Waals surface area contributed by atoms with Crippen LogP contribution in [0, 0.1) is 0 Å². The summed E-state index contributed by atoms with van der Waals surface area (Å²) in [7, 11) is -3.61. The van der Waals surface area contributed by atoms with E-state index >= 15 is 0 Å². The Morgan fingerprint density at radius 1 is 1.07 bits per heavy atom. The molecule has 2 aromatic carbocycles. The van der Waals surface area contributed by atoms with Gasteiger partial charge in [0.25, 0.3) is 0 Å². The van der Waals surface area contributed by atoms with Crippen LogP contribution in [0.15, 0.2) is 54.6 Å². The zero-order chi connectivity index (χ0) is 22.0. The number of nitrogens with one attached hydrogen (secondary N) is 1. The highest BCUT2D eigenvalue weighted by Gasteiger charge is 2.31. The fraction of sp³-hybridized carbons (Fsp3) is 0.435. The minimum absolute atomic E-state index is 0.290. The maximum atomic E-state index is 12.8. The van der Waals surface area contributed by atoms with Gasteiger partial charge in [-0.2, -0.15) is 0 Å². The first-order chi connectivity index (χ1) is 14.4. The third-order valence-electron chi connectivity index (χ3n) is 4.70. The Morgan fingerprint density at radius 2 is 1.73 bits per heavy atom. The summed E-state index contributed by atoms with van der Waals surface area (Å²) in [6.07, 6.45) is 3.95. The van der Waals surface area contributed by atoms with Crippen LogP contribution in [0.1, 0.15) is 38.7 Å². The van der Waals surface area contributed by atoms with Crippen LogP contribution in [-0.4, -0.2) is 39.8 Å². The summed E-state index contributed by atoms with van der Waals surface area (Å²) in [4.78, 5) is 12.8. The Morgan fingerprint density at radius 3 is 2.37 bits per heavy atom.